The lowest BCUT2D eigenvalue weighted by Gasteiger charge is -2.34. The summed E-state index contributed by atoms with van der Waals surface area (Å²) >= 11 is 6.32. The molecule has 0 aliphatic heterocycles. The minimum atomic E-state index is -4.32. The number of ether oxygens (including phenoxy) is 2. The predicted molar refractivity (Wildman–Crippen MR) is 184 cm³/mol. The smallest absolute Gasteiger partial charge is 0.264 e. The molecule has 248 valence electrons. The van der Waals surface area contributed by atoms with Crippen LogP contribution in [0.1, 0.15) is 25.0 Å². The zero-order chi connectivity index (χ0) is 34.0. The van der Waals surface area contributed by atoms with Crippen LogP contribution in [-0.4, -0.2) is 58.5 Å². The Morgan fingerprint density at radius 1 is 0.830 bits per heavy atom. The third-order valence-corrected chi connectivity index (χ3v) is 9.49. The summed E-state index contributed by atoms with van der Waals surface area (Å²) in [7, 11) is -1.40. The number of benzene rings is 4. The van der Waals surface area contributed by atoms with Gasteiger partial charge in [0.1, 0.15) is 24.1 Å². The zero-order valence-corrected chi connectivity index (χ0v) is 28.5. The van der Waals surface area contributed by atoms with Crippen LogP contribution in [0.2, 0.25) is 5.02 Å². The summed E-state index contributed by atoms with van der Waals surface area (Å²) in [6.07, 6.45) is 0.205. The zero-order valence-electron chi connectivity index (χ0n) is 26.9. The van der Waals surface area contributed by atoms with Gasteiger partial charge in [-0.05, 0) is 65.6 Å². The Morgan fingerprint density at radius 3 is 2.13 bits per heavy atom. The average Bonchev–Trinajstić information content (AvgIpc) is 3.08. The Labute approximate surface area is 282 Å². The number of nitrogens with one attached hydrogen (secondary N) is 1. The van der Waals surface area contributed by atoms with E-state index in [4.69, 9.17) is 21.1 Å². The summed E-state index contributed by atoms with van der Waals surface area (Å²) in [6, 6.07) is 27.9. The van der Waals surface area contributed by atoms with Gasteiger partial charge in [-0.1, -0.05) is 80.0 Å². The summed E-state index contributed by atoms with van der Waals surface area (Å²) in [5.74, 6) is -0.0283. The molecular weight excluding hydrogens is 638 g/mol. The first-order chi connectivity index (χ1) is 22.5. The molecule has 4 rings (SSSR count). The van der Waals surface area contributed by atoms with Gasteiger partial charge in [0.2, 0.25) is 11.8 Å². The van der Waals surface area contributed by atoms with Crippen molar-refractivity contribution in [2.24, 2.45) is 5.92 Å². The van der Waals surface area contributed by atoms with Crippen molar-refractivity contribution in [2.45, 2.75) is 37.8 Å². The first-order valence-electron chi connectivity index (χ1n) is 15.2. The third-order valence-electron chi connectivity index (χ3n) is 7.48. The fourth-order valence-electron chi connectivity index (χ4n) is 5.03. The maximum Gasteiger partial charge on any atom is 0.264 e. The maximum atomic E-state index is 14.6. The topological polar surface area (TPSA) is 105 Å². The SMILES string of the molecule is COc1ccc(S(=O)(=O)N(CC(=O)N(Cc2cccc(Cl)c2)C(Cc2ccccc2)C(=O)NCC(C)C)c2ccccc2OC)cc1. The van der Waals surface area contributed by atoms with E-state index in [1.54, 1.807) is 42.5 Å². The second kappa shape index (κ2) is 16.3. The van der Waals surface area contributed by atoms with E-state index in [2.05, 4.69) is 5.32 Å². The number of halogens is 1. The molecule has 4 aromatic carbocycles. The van der Waals surface area contributed by atoms with E-state index >= 15 is 0 Å². The molecule has 11 heteroatoms. The van der Waals surface area contributed by atoms with Crippen LogP contribution < -0.4 is 19.1 Å². The van der Waals surface area contributed by atoms with Crippen LogP contribution in [0.25, 0.3) is 0 Å². The fourth-order valence-corrected chi connectivity index (χ4v) is 6.67. The molecule has 0 fully saturated rings. The van der Waals surface area contributed by atoms with E-state index in [1.165, 1.54) is 43.4 Å². The maximum absolute atomic E-state index is 14.6. The van der Waals surface area contributed by atoms with Crippen LogP contribution in [0.15, 0.2) is 108 Å². The van der Waals surface area contributed by atoms with E-state index in [1.807, 2.05) is 50.2 Å². The molecule has 0 radical (unpaired) electrons. The molecule has 0 saturated carbocycles. The number of anilines is 1. The third kappa shape index (κ3) is 9.27. The molecule has 0 heterocycles. The second-order valence-corrected chi connectivity index (χ2v) is 13.7. The van der Waals surface area contributed by atoms with Crippen molar-refractivity contribution in [2.75, 3.05) is 31.6 Å². The first-order valence-corrected chi connectivity index (χ1v) is 17.0. The van der Waals surface area contributed by atoms with Crippen molar-refractivity contribution in [3.8, 4) is 11.5 Å². The van der Waals surface area contributed by atoms with Crippen LogP contribution in [-0.2, 0) is 32.6 Å². The van der Waals surface area contributed by atoms with Gasteiger partial charge in [-0.25, -0.2) is 8.42 Å². The molecule has 1 N–H and O–H groups in total. The van der Waals surface area contributed by atoms with Gasteiger partial charge in [0.25, 0.3) is 10.0 Å². The number of nitrogens with zero attached hydrogens (tertiary/aromatic N) is 2. The van der Waals surface area contributed by atoms with Crippen LogP contribution >= 0.6 is 11.6 Å². The molecule has 1 atom stereocenters. The molecule has 0 aliphatic rings. The van der Waals surface area contributed by atoms with Gasteiger partial charge in [0, 0.05) is 24.5 Å². The van der Waals surface area contributed by atoms with Crippen molar-refractivity contribution in [3.05, 3.63) is 119 Å². The molecule has 0 aromatic heterocycles. The average molecular weight is 678 g/mol. The van der Waals surface area contributed by atoms with Gasteiger partial charge < -0.3 is 19.7 Å². The molecule has 2 amide bonds. The highest BCUT2D eigenvalue weighted by atomic mass is 35.5. The molecular formula is C36H40ClN3O6S. The number of methoxy groups -OCH3 is 2. The van der Waals surface area contributed by atoms with E-state index in [9.17, 15) is 18.0 Å². The molecule has 47 heavy (non-hydrogen) atoms. The number of sulfonamides is 1. The summed E-state index contributed by atoms with van der Waals surface area (Å²) in [6.45, 7) is 3.77. The monoisotopic (exact) mass is 677 g/mol. The van der Waals surface area contributed by atoms with E-state index in [0.717, 1.165) is 9.87 Å². The highest BCUT2D eigenvalue weighted by Gasteiger charge is 2.35. The summed E-state index contributed by atoms with van der Waals surface area (Å²) in [4.78, 5) is 29.9. The van der Waals surface area contributed by atoms with Crippen molar-refractivity contribution >= 4 is 39.1 Å². The number of amides is 2. The number of para-hydroxylation sites is 2. The predicted octanol–water partition coefficient (Wildman–Crippen LogP) is 5.96. The van der Waals surface area contributed by atoms with Crippen molar-refractivity contribution in [3.63, 3.8) is 0 Å². The number of hydrogen-bond acceptors (Lipinski definition) is 6. The Morgan fingerprint density at radius 2 is 1.49 bits per heavy atom. The molecule has 9 nitrogen and oxygen atoms in total. The normalized spacial score (nSPS) is 11.9. The Bertz CT molecular complexity index is 1750. The lowest BCUT2D eigenvalue weighted by molar-refractivity contribution is -0.140. The summed E-state index contributed by atoms with van der Waals surface area (Å²) in [5.41, 5.74) is 1.70. The Kier molecular flexibility index (Phi) is 12.3. The number of hydrogen-bond donors (Lipinski definition) is 1. The molecule has 0 spiro atoms. The Hall–Kier alpha value is -4.54. The van der Waals surface area contributed by atoms with Gasteiger partial charge >= 0.3 is 0 Å². The van der Waals surface area contributed by atoms with Crippen LogP contribution in [0, 0.1) is 5.92 Å². The lowest BCUT2D eigenvalue weighted by atomic mass is 10.0. The van der Waals surface area contributed by atoms with Crippen molar-refractivity contribution in [1.29, 1.82) is 0 Å². The van der Waals surface area contributed by atoms with E-state index in [-0.39, 0.29) is 41.1 Å². The largest absolute Gasteiger partial charge is 0.497 e. The van der Waals surface area contributed by atoms with Crippen LogP contribution in [0.5, 0.6) is 11.5 Å². The van der Waals surface area contributed by atoms with E-state index < -0.39 is 28.5 Å². The van der Waals surface area contributed by atoms with Gasteiger partial charge in [-0.2, -0.15) is 0 Å². The van der Waals surface area contributed by atoms with Gasteiger partial charge in [-0.3, -0.25) is 13.9 Å². The highest BCUT2D eigenvalue weighted by Crippen LogP contribution is 2.33. The molecule has 0 bridgehead atoms. The van der Waals surface area contributed by atoms with Gasteiger partial charge in [0.05, 0.1) is 24.8 Å². The highest BCUT2D eigenvalue weighted by molar-refractivity contribution is 7.92. The van der Waals surface area contributed by atoms with Crippen LogP contribution in [0.3, 0.4) is 0 Å². The fraction of sp³-hybridized carbons (Fsp3) is 0.278. The van der Waals surface area contributed by atoms with Crippen LogP contribution in [0.4, 0.5) is 5.69 Å². The van der Waals surface area contributed by atoms with E-state index in [0.29, 0.717) is 22.9 Å². The van der Waals surface area contributed by atoms with Crippen molar-refractivity contribution < 1.29 is 27.5 Å². The number of carbonyl (C=O) groups is 2. The molecule has 0 saturated heterocycles. The quantitative estimate of drug-likeness (QED) is 0.166. The van der Waals surface area contributed by atoms with Gasteiger partial charge in [-0.15, -0.1) is 0 Å². The molecule has 1 unspecified atom stereocenters. The Balaban J connectivity index is 1.83. The minimum absolute atomic E-state index is 0.00827. The molecule has 4 aromatic rings. The standard InChI is InChI=1S/C36H40ClN3O6S/c1-26(2)23-38-36(42)33(22-27-11-6-5-7-12-27)39(24-28-13-10-14-29(37)21-28)35(41)25-40(32-15-8-9-16-34(32)46-4)47(43,44)31-19-17-30(45-3)18-20-31/h5-21,26,33H,22-25H2,1-4H3,(H,38,42). The molecule has 0 aliphatic carbocycles. The second-order valence-electron chi connectivity index (χ2n) is 11.4. The lowest BCUT2D eigenvalue weighted by Crippen LogP contribution is -2.53. The van der Waals surface area contributed by atoms with Gasteiger partial charge in [0.15, 0.2) is 0 Å². The number of carbonyl (C=O) groups excluding carboxylic acids is 2. The summed E-state index contributed by atoms with van der Waals surface area (Å²) in [5, 5.41) is 3.45. The number of rotatable bonds is 15. The first kappa shape index (κ1) is 35.3. The minimum Gasteiger partial charge on any atom is -0.497 e. The van der Waals surface area contributed by atoms with Crippen molar-refractivity contribution in [1.82, 2.24) is 10.2 Å². The summed E-state index contributed by atoms with van der Waals surface area (Å²) < 4.78 is 40.4.